The Morgan fingerprint density at radius 2 is 1.77 bits per heavy atom. The van der Waals surface area contributed by atoms with Gasteiger partial charge in [0.2, 0.25) is 0 Å². The average molecular weight is 546 g/mol. The topological polar surface area (TPSA) is 79.2 Å². The second kappa shape index (κ2) is 10.1. The highest BCUT2D eigenvalue weighted by molar-refractivity contribution is 5.95. The van der Waals surface area contributed by atoms with Crippen LogP contribution in [0.2, 0.25) is 0 Å². The second-order valence-electron chi connectivity index (χ2n) is 9.45. The maximum atomic E-state index is 15.2. The molecule has 204 valence electrons. The number of anilines is 3. The Labute approximate surface area is 220 Å². The number of halogens is 5. The molecular formula is C26H24F5N7O. The van der Waals surface area contributed by atoms with Crippen molar-refractivity contribution in [1.29, 1.82) is 0 Å². The molecule has 5 rings (SSSR count). The summed E-state index contributed by atoms with van der Waals surface area (Å²) >= 11 is 0. The molecule has 13 heteroatoms. The Morgan fingerprint density at radius 3 is 2.38 bits per heavy atom. The van der Waals surface area contributed by atoms with Gasteiger partial charge in [-0.25, -0.2) is 23.7 Å². The van der Waals surface area contributed by atoms with E-state index in [9.17, 15) is 22.4 Å². The summed E-state index contributed by atoms with van der Waals surface area (Å²) in [7, 11) is 3.12. The highest BCUT2D eigenvalue weighted by atomic mass is 19.4. The second-order valence-corrected chi connectivity index (χ2v) is 9.45. The van der Waals surface area contributed by atoms with Crippen LogP contribution < -0.4 is 10.2 Å². The summed E-state index contributed by atoms with van der Waals surface area (Å²) in [5, 5.41) is 2.91. The van der Waals surface area contributed by atoms with Gasteiger partial charge in [0.1, 0.15) is 29.4 Å². The fraction of sp³-hybridized carbons (Fsp3) is 0.308. The predicted octanol–water partition coefficient (Wildman–Crippen LogP) is 5.41. The van der Waals surface area contributed by atoms with Gasteiger partial charge in [-0.15, -0.1) is 0 Å². The summed E-state index contributed by atoms with van der Waals surface area (Å²) in [6.45, 7) is 1.01. The van der Waals surface area contributed by atoms with Gasteiger partial charge in [0.25, 0.3) is 5.91 Å². The summed E-state index contributed by atoms with van der Waals surface area (Å²) in [5.41, 5.74) is -0.283. The Balaban J connectivity index is 1.34. The fourth-order valence-corrected chi connectivity index (χ4v) is 4.66. The molecule has 1 aliphatic rings. The van der Waals surface area contributed by atoms with Crippen molar-refractivity contribution in [3.63, 3.8) is 0 Å². The van der Waals surface area contributed by atoms with Gasteiger partial charge in [0.15, 0.2) is 5.82 Å². The average Bonchev–Trinajstić information content (AvgIpc) is 3.26. The number of hydrogen-bond acceptors (Lipinski definition) is 6. The molecule has 0 spiro atoms. The molecule has 39 heavy (non-hydrogen) atoms. The zero-order chi connectivity index (χ0) is 27.9. The van der Waals surface area contributed by atoms with Crippen molar-refractivity contribution in [2.24, 2.45) is 0 Å². The first-order valence-corrected chi connectivity index (χ1v) is 12.1. The van der Waals surface area contributed by atoms with Crippen LogP contribution in [0.1, 0.15) is 34.8 Å². The summed E-state index contributed by atoms with van der Waals surface area (Å²) in [6.07, 6.45) is 0.107. The van der Waals surface area contributed by atoms with Gasteiger partial charge < -0.3 is 19.7 Å². The van der Waals surface area contributed by atoms with Gasteiger partial charge in [-0.1, -0.05) is 0 Å². The number of nitrogens with one attached hydrogen (secondary N) is 1. The smallest absolute Gasteiger partial charge is 0.356 e. The van der Waals surface area contributed by atoms with Crippen molar-refractivity contribution in [3.05, 3.63) is 71.8 Å². The Kier molecular flexibility index (Phi) is 6.83. The highest BCUT2D eigenvalue weighted by Crippen LogP contribution is 2.34. The molecule has 1 aromatic carbocycles. The maximum Gasteiger partial charge on any atom is 0.417 e. The molecule has 1 fully saturated rings. The Hall–Kier alpha value is -4.29. The Bertz CT molecular complexity index is 1510. The number of aromatic nitrogens is 4. The third-order valence-electron chi connectivity index (χ3n) is 6.70. The molecule has 4 heterocycles. The summed E-state index contributed by atoms with van der Waals surface area (Å²) in [4.78, 5) is 27.7. The first-order chi connectivity index (χ1) is 18.5. The predicted molar refractivity (Wildman–Crippen MR) is 135 cm³/mol. The number of carbonyl (C=O) groups excluding carboxylic acids is 1. The van der Waals surface area contributed by atoms with E-state index >= 15 is 4.39 Å². The summed E-state index contributed by atoms with van der Waals surface area (Å²) < 4.78 is 70.2. The molecule has 8 nitrogen and oxygen atoms in total. The number of nitrogens with zero attached hydrogens (tertiary/aromatic N) is 6. The quantitative estimate of drug-likeness (QED) is 0.338. The van der Waals surface area contributed by atoms with E-state index in [-0.39, 0.29) is 34.4 Å². The third kappa shape index (κ3) is 5.20. The molecule has 3 aromatic heterocycles. The largest absolute Gasteiger partial charge is 0.417 e. The summed E-state index contributed by atoms with van der Waals surface area (Å²) in [6, 6.07) is 6.18. The van der Waals surface area contributed by atoms with Gasteiger partial charge in [-0.3, -0.25) is 4.79 Å². The molecule has 1 amide bonds. The van der Waals surface area contributed by atoms with Crippen LogP contribution in [0.25, 0.3) is 11.0 Å². The van der Waals surface area contributed by atoms with Crippen LogP contribution in [-0.4, -0.2) is 57.5 Å². The lowest BCUT2D eigenvalue weighted by atomic mass is 10.0. The Morgan fingerprint density at radius 1 is 1.03 bits per heavy atom. The lowest BCUT2D eigenvalue weighted by Gasteiger charge is -2.33. The molecule has 0 saturated carbocycles. The van der Waals surface area contributed by atoms with Crippen LogP contribution in [0.3, 0.4) is 0 Å². The van der Waals surface area contributed by atoms with Crippen molar-refractivity contribution in [3.8, 4) is 0 Å². The van der Waals surface area contributed by atoms with E-state index in [1.54, 1.807) is 18.7 Å². The minimum Gasteiger partial charge on any atom is -0.356 e. The van der Waals surface area contributed by atoms with Crippen LogP contribution in [0.4, 0.5) is 39.3 Å². The van der Waals surface area contributed by atoms with Crippen molar-refractivity contribution in [1.82, 2.24) is 24.4 Å². The van der Waals surface area contributed by atoms with E-state index < -0.39 is 23.4 Å². The molecular weight excluding hydrogens is 521 g/mol. The van der Waals surface area contributed by atoms with Crippen LogP contribution in [0, 0.1) is 11.6 Å². The van der Waals surface area contributed by atoms with E-state index in [4.69, 9.17) is 0 Å². The normalized spacial score (nSPS) is 14.6. The van der Waals surface area contributed by atoms with Crippen LogP contribution >= 0.6 is 0 Å². The van der Waals surface area contributed by atoms with Gasteiger partial charge >= 0.3 is 6.18 Å². The van der Waals surface area contributed by atoms with Crippen LogP contribution in [0.15, 0.2) is 49.1 Å². The van der Waals surface area contributed by atoms with Crippen LogP contribution in [0.5, 0.6) is 0 Å². The van der Waals surface area contributed by atoms with Crippen molar-refractivity contribution < 1.29 is 26.7 Å². The first kappa shape index (κ1) is 26.3. The number of fused-ring (bicyclic) bond motifs is 1. The minimum absolute atomic E-state index is 0.0230. The van der Waals surface area contributed by atoms with E-state index in [0.29, 0.717) is 37.4 Å². The number of alkyl halides is 3. The van der Waals surface area contributed by atoms with Crippen molar-refractivity contribution >= 4 is 34.3 Å². The van der Waals surface area contributed by atoms with Gasteiger partial charge in [-0.05, 0) is 43.2 Å². The summed E-state index contributed by atoms with van der Waals surface area (Å²) in [5.74, 6) is -1.11. The highest BCUT2D eigenvalue weighted by Gasteiger charge is 2.31. The number of carbonyl (C=O) groups is 1. The van der Waals surface area contributed by atoms with E-state index in [1.165, 1.54) is 35.6 Å². The number of benzene rings is 1. The lowest BCUT2D eigenvalue weighted by molar-refractivity contribution is -0.137. The number of pyridine rings is 1. The molecule has 1 saturated heterocycles. The molecule has 4 aromatic rings. The fourth-order valence-electron chi connectivity index (χ4n) is 4.66. The molecule has 1 N–H and O–H groups in total. The number of hydrogen-bond donors (Lipinski definition) is 1. The molecule has 1 aliphatic heterocycles. The van der Waals surface area contributed by atoms with Crippen LogP contribution in [-0.2, 0) is 6.18 Å². The van der Waals surface area contributed by atoms with E-state index in [0.717, 1.165) is 18.3 Å². The standard InChI is InChI=1S/C26H24F5N7O/c1-36(2)25(39)15-3-5-20(18(27)11-15)35-23-22-19(28)13-38(24(22)34-14-33-23)17-7-9-37(10-8-17)21-6-4-16(12-32-21)26(29,30)31/h3-6,11-14,17H,7-10H2,1-2H3,(H,33,34,35). The lowest BCUT2D eigenvalue weighted by Crippen LogP contribution is -2.35. The first-order valence-electron chi connectivity index (χ1n) is 12.1. The third-order valence-corrected chi connectivity index (χ3v) is 6.70. The van der Waals surface area contributed by atoms with Gasteiger partial charge in [-0.2, -0.15) is 13.2 Å². The van der Waals surface area contributed by atoms with E-state index in [1.807, 2.05) is 4.90 Å². The maximum absolute atomic E-state index is 15.2. The van der Waals surface area contributed by atoms with Crippen molar-refractivity contribution in [2.75, 3.05) is 37.4 Å². The monoisotopic (exact) mass is 545 g/mol. The van der Waals surface area contributed by atoms with E-state index in [2.05, 4.69) is 20.3 Å². The zero-order valence-electron chi connectivity index (χ0n) is 21.0. The number of piperidine rings is 1. The molecule has 0 atom stereocenters. The SMILES string of the molecule is CN(C)C(=O)c1ccc(Nc2ncnc3c2c(F)cn3C2CCN(c3ccc(C(F)(F)F)cn3)CC2)c(F)c1. The zero-order valence-corrected chi connectivity index (χ0v) is 21.0. The molecule has 0 radical (unpaired) electrons. The van der Waals surface area contributed by atoms with Gasteiger partial charge in [0, 0.05) is 51.2 Å². The number of amides is 1. The molecule has 0 aliphatic carbocycles. The molecule has 0 bridgehead atoms. The minimum atomic E-state index is -4.45. The van der Waals surface area contributed by atoms with Gasteiger partial charge in [0.05, 0.1) is 16.6 Å². The molecule has 0 unspecified atom stereocenters. The number of rotatable bonds is 5. The van der Waals surface area contributed by atoms with Crippen molar-refractivity contribution in [2.45, 2.75) is 25.1 Å².